The Kier molecular flexibility index (Phi) is 3.91. The van der Waals surface area contributed by atoms with Gasteiger partial charge in [-0.1, -0.05) is 0 Å². The first-order valence-electron chi connectivity index (χ1n) is 5.75. The Balaban J connectivity index is 1.92. The fourth-order valence-electron chi connectivity index (χ4n) is 1.81. The van der Waals surface area contributed by atoms with Crippen LogP contribution in [0.25, 0.3) is 0 Å². The molecule has 1 heterocycles. The summed E-state index contributed by atoms with van der Waals surface area (Å²) in [7, 11) is 0. The fourth-order valence-corrected chi connectivity index (χ4v) is 2.28. The van der Waals surface area contributed by atoms with Crippen molar-refractivity contribution in [2.24, 2.45) is 0 Å². The van der Waals surface area contributed by atoms with Crippen LogP contribution in [0.15, 0.2) is 22.7 Å². The van der Waals surface area contributed by atoms with Gasteiger partial charge in [-0.05, 0) is 48.0 Å². The summed E-state index contributed by atoms with van der Waals surface area (Å²) in [5.74, 6) is -0.488. The van der Waals surface area contributed by atoms with Gasteiger partial charge < -0.3 is 14.8 Å². The van der Waals surface area contributed by atoms with E-state index in [0.29, 0.717) is 18.7 Å². The van der Waals surface area contributed by atoms with Crippen molar-refractivity contribution in [3.8, 4) is 6.07 Å². The standard InChI is InChI=1S/C13H15BrN2O2/c1-13(2)17-8-11(18-13)7-16-10-4-3-9(6-15)12(14)5-10/h3-5,11,16H,7-8H2,1-2H3. The van der Waals surface area contributed by atoms with Crippen LogP contribution in [0.4, 0.5) is 5.69 Å². The Labute approximate surface area is 115 Å². The molecular formula is C13H15BrN2O2. The second-order valence-corrected chi connectivity index (χ2v) is 5.49. The highest BCUT2D eigenvalue weighted by Gasteiger charge is 2.32. The number of halogens is 1. The van der Waals surface area contributed by atoms with Gasteiger partial charge in [-0.25, -0.2) is 0 Å². The van der Waals surface area contributed by atoms with Gasteiger partial charge in [0.2, 0.25) is 0 Å². The Bertz CT molecular complexity index is 482. The molecule has 5 heteroatoms. The maximum Gasteiger partial charge on any atom is 0.163 e. The molecule has 1 saturated heterocycles. The van der Waals surface area contributed by atoms with E-state index >= 15 is 0 Å². The van der Waals surface area contributed by atoms with E-state index in [0.717, 1.165) is 10.2 Å². The highest BCUT2D eigenvalue weighted by atomic mass is 79.9. The Morgan fingerprint density at radius 3 is 2.89 bits per heavy atom. The summed E-state index contributed by atoms with van der Waals surface area (Å²) in [6.45, 7) is 5.09. The van der Waals surface area contributed by atoms with Gasteiger partial charge >= 0.3 is 0 Å². The van der Waals surface area contributed by atoms with Crippen molar-refractivity contribution in [3.63, 3.8) is 0 Å². The molecule has 1 fully saturated rings. The fraction of sp³-hybridized carbons (Fsp3) is 0.462. The first kappa shape index (κ1) is 13.3. The van der Waals surface area contributed by atoms with Crippen LogP contribution in [-0.4, -0.2) is 25.0 Å². The van der Waals surface area contributed by atoms with Gasteiger partial charge in [0.15, 0.2) is 5.79 Å². The molecule has 1 atom stereocenters. The first-order valence-corrected chi connectivity index (χ1v) is 6.55. The zero-order valence-electron chi connectivity index (χ0n) is 10.4. The minimum Gasteiger partial charge on any atom is -0.382 e. The molecule has 1 aromatic rings. The van der Waals surface area contributed by atoms with Crippen molar-refractivity contribution in [2.45, 2.75) is 25.7 Å². The number of anilines is 1. The van der Waals surface area contributed by atoms with Crippen LogP contribution in [0, 0.1) is 11.3 Å². The van der Waals surface area contributed by atoms with E-state index in [-0.39, 0.29) is 6.10 Å². The van der Waals surface area contributed by atoms with Gasteiger partial charge in [0.1, 0.15) is 12.2 Å². The number of hydrogen-bond acceptors (Lipinski definition) is 4. The summed E-state index contributed by atoms with van der Waals surface area (Å²) in [6, 6.07) is 7.66. The quantitative estimate of drug-likeness (QED) is 0.932. The largest absolute Gasteiger partial charge is 0.382 e. The molecule has 18 heavy (non-hydrogen) atoms. The van der Waals surface area contributed by atoms with Crippen molar-refractivity contribution in [2.75, 3.05) is 18.5 Å². The van der Waals surface area contributed by atoms with E-state index in [1.165, 1.54) is 0 Å². The van der Waals surface area contributed by atoms with E-state index < -0.39 is 5.79 Å². The summed E-state index contributed by atoms with van der Waals surface area (Å²) in [5, 5.41) is 12.1. The Hall–Kier alpha value is -1.09. The summed E-state index contributed by atoms with van der Waals surface area (Å²) < 4.78 is 12.0. The van der Waals surface area contributed by atoms with Gasteiger partial charge in [-0.2, -0.15) is 5.26 Å². The average Bonchev–Trinajstić information content (AvgIpc) is 2.66. The normalized spacial score (nSPS) is 21.6. The van der Waals surface area contributed by atoms with Crippen LogP contribution < -0.4 is 5.32 Å². The minimum atomic E-state index is -0.488. The maximum absolute atomic E-state index is 8.83. The molecule has 0 spiro atoms. The van der Waals surface area contributed by atoms with Gasteiger partial charge in [-0.15, -0.1) is 0 Å². The number of benzene rings is 1. The maximum atomic E-state index is 8.83. The number of hydrogen-bond donors (Lipinski definition) is 1. The van der Waals surface area contributed by atoms with Gasteiger partial charge in [0.25, 0.3) is 0 Å². The number of nitrogens with one attached hydrogen (secondary N) is 1. The van der Waals surface area contributed by atoms with Crippen LogP contribution in [0.1, 0.15) is 19.4 Å². The lowest BCUT2D eigenvalue weighted by Gasteiger charge is -2.17. The third-order valence-corrected chi connectivity index (χ3v) is 3.35. The first-order chi connectivity index (χ1) is 8.50. The van der Waals surface area contributed by atoms with Crippen molar-refractivity contribution < 1.29 is 9.47 Å². The molecule has 0 radical (unpaired) electrons. The van der Waals surface area contributed by atoms with Gasteiger partial charge in [-0.3, -0.25) is 0 Å². The number of nitriles is 1. The van der Waals surface area contributed by atoms with E-state index in [4.69, 9.17) is 14.7 Å². The molecule has 1 N–H and O–H groups in total. The monoisotopic (exact) mass is 310 g/mol. The van der Waals surface area contributed by atoms with E-state index in [9.17, 15) is 0 Å². The lowest BCUT2D eigenvalue weighted by molar-refractivity contribution is -0.136. The van der Waals surface area contributed by atoms with Crippen LogP contribution in [0.2, 0.25) is 0 Å². The van der Waals surface area contributed by atoms with Gasteiger partial charge in [0, 0.05) is 16.7 Å². The number of rotatable bonds is 3. The van der Waals surface area contributed by atoms with Crippen LogP contribution in [-0.2, 0) is 9.47 Å². The summed E-state index contributed by atoms with van der Waals surface area (Å²) in [4.78, 5) is 0. The van der Waals surface area contributed by atoms with Crippen molar-refractivity contribution in [1.29, 1.82) is 5.26 Å². The molecule has 0 saturated carbocycles. The second-order valence-electron chi connectivity index (χ2n) is 4.64. The molecule has 0 amide bonds. The van der Waals surface area contributed by atoms with Crippen LogP contribution in [0.5, 0.6) is 0 Å². The molecule has 0 bridgehead atoms. The highest BCUT2D eigenvalue weighted by Crippen LogP contribution is 2.24. The minimum absolute atomic E-state index is 0.0504. The van der Waals surface area contributed by atoms with E-state index in [2.05, 4.69) is 27.3 Å². The molecule has 0 aliphatic carbocycles. The number of ether oxygens (including phenoxy) is 2. The van der Waals surface area contributed by atoms with Crippen LogP contribution >= 0.6 is 15.9 Å². The van der Waals surface area contributed by atoms with Crippen molar-refractivity contribution in [3.05, 3.63) is 28.2 Å². The molecular weight excluding hydrogens is 296 g/mol. The van der Waals surface area contributed by atoms with Crippen molar-refractivity contribution >= 4 is 21.6 Å². The zero-order chi connectivity index (χ0) is 13.2. The lowest BCUT2D eigenvalue weighted by atomic mass is 10.2. The Morgan fingerprint density at radius 1 is 1.56 bits per heavy atom. The SMILES string of the molecule is CC1(C)OCC(CNc2ccc(C#N)c(Br)c2)O1. The second kappa shape index (κ2) is 5.27. The molecule has 4 nitrogen and oxygen atoms in total. The van der Waals surface area contributed by atoms with Crippen molar-refractivity contribution in [1.82, 2.24) is 0 Å². The predicted molar refractivity (Wildman–Crippen MR) is 72.3 cm³/mol. The molecule has 96 valence electrons. The molecule has 1 unspecified atom stereocenters. The number of nitrogens with zero attached hydrogens (tertiary/aromatic N) is 1. The highest BCUT2D eigenvalue weighted by molar-refractivity contribution is 9.10. The van der Waals surface area contributed by atoms with Gasteiger partial charge in [0.05, 0.1) is 12.2 Å². The third kappa shape index (κ3) is 3.22. The third-order valence-electron chi connectivity index (χ3n) is 2.69. The lowest BCUT2D eigenvalue weighted by Crippen LogP contribution is -2.25. The smallest absolute Gasteiger partial charge is 0.163 e. The molecule has 0 aromatic heterocycles. The molecule has 2 rings (SSSR count). The molecule has 1 aliphatic rings. The Morgan fingerprint density at radius 2 is 2.33 bits per heavy atom. The van der Waals surface area contributed by atoms with E-state index in [1.807, 2.05) is 26.0 Å². The molecule has 1 aliphatic heterocycles. The summed E-state index contributed by atoms with van der Waals surface area (Å²) in [6.07, 6.45) is 0.0504. The predicted octanol–water partition coefficient (Wildman–Crippen LogP) is 2.88. The van der Waals surface area contributed by atoms with Crippen LogP contribution in [0.3, 0.4) is 0 Å². The summed E-state index contributed by atoms with van der Waals surface area (Å²) in [5.41, 5.74) is 1.58. The van der Waals surface area contributed by atoms with E-state index in [1.54, 1.807) is 6.07 Å². The zero-order valence-corrected chi connectivity index (χ0v) is 12.0. The molecule has 1 aromatic carbocycles. The topological polar surface area (TPSA) is 54.3 Å². The summed E-state index contributed by atoms with van der Waals surface area (Å²) >= 11 is 3.36. The average molecular weight is 311 g/mol.